The van der Waals surface area contributed by atoms with Gasteiger partial charge in [0.2, 0.25) is 0 Å². The van der Waals surface area contributed by atoms with E-state index in [2.05, 4.69) is 15.4 Å². The summed E-state index contributed by atoms with van der Waals surface area (Å²) >= 11 is 7.71. The van der Waals surface area contributed by atoms with Crippen LogP contribution < -0.4 is 5.32 Å². The molecule has 1 aliphatic heterocycles. The molecular formula is C17H19ClFN5OS. The molecule has 9 heteroatoms. The van der Waals surface area contributed by atoms with E-state index >= 15 is 0 Å². The first-order valence-electron chi connectivity index (χ1n) is 8.34. The van der Waals surface area contributed by atoms with Crippen LogP contribution in [0.4, 0.5) is 9.52 Å². The van der Waals surface area contributed by atoms with E-state index in [1.165, 1.54) is 11.3 Å². The molecule has 0 spiro atoms. The molecule has 26 heavy (non-hydrogen) atoms. The number of nitrogens with one attached hydrogen (secondary N) is 1. The summed E-state index contributed by atoms with van der Waals surface area (Å²) in [6.45, 7) is 3.12. The van der Waals surface area contributed by atoms with Gasteiger partial charge in [-0.2, -0.15) is 4.98 Å². The normalized spacial score (nSPS) is 21.4. The molecule has 1 aromatic carbocycles. The number of fused-ring (bicyclic) bond motifs is 1. The quantitative estimate of drug-likeness (QED) is 0.709. The minimum absolute atomic E-state index is 0.0294. The largest absolute Gasteiger partial charge is 0.506 e. The zero-order valence-electron chi connectivity index (χ0n) is 14.4. The second-order valence-electron chi connectivity index (χ2n) is 6.79. The number of likely N-dealkylation sites (N-methyl/N-ethyl adjacent to an activating group) is 1. The first-order valence-corrected chi connectivity index (χ1v) is 9.53. The van der Waals surface area contributed by atoms with Crippen LogP contribution in [-0.2, 0) is 0 Å². The van der Waals surface area contributed by atoms with Crippen LogP contribution in [-0.4, -0.2) is 57.1 Å². The number of rotatable bonds is 3. The highest BCUT2D eigenvalue weighted by Crippen LogP contribution is 2.34. The van der Waals surface area contributed by atoms with E-state index in [4.69, 9.17) is 11.6 Å². The van der Waals surface area contributed by atoms with Gasteiger partial charge in [0.05, 0.1) is 15.9 Å². The lowest BCUT2D eigenvalue weighted by atomic mass is 10.1. The average molecular weight is 396 g/mol. The van der Waals surface area contributed by atoms with Gasteiger partial charge in [-0.05, 0) is 31.7 Å². The van der Waals surface area contributed by atoms with Crippen molar-refractivity contribution in [3.8, 4) is 11.4 Å². The van der Waals surface area contributed by atoms with Crippen LogP contribution in [0.1, 0.15) is 12.0 Å². The molecule has 0 radical (unpaired) electrons. The molecule has 3 heterocycles. The fourth-order valence-corrected chi connectivity index (χ4v) is 4.62. The Morgan fingerprint density at radius 1 is 1.38 bits per heavy atom. The van der Waals surface area contributed by atoms with Crippen molar-refractivity contribution >= 4 is 38.4 Å². The van der Waals surface area contributed by atoms with Crippen LogP contribution in [0.3, 0.4) is 0 Å². The maximum Gasteiger partial charge on any atom is 0.194 e. The first-order chi connectivity index (χ1) is 12.4. The molecule has 0 bridgehead atoms. The Hall–Kier alpha value is -1.90. The van der Waals surface area contributed by atoms with Gasteiger partial charge in [0.15, 0.2) is 10.8 Å². The van der Waals surface area contributed by atoms with Crippen LogP contribution in [0, 0.1) is 6.92 Å². The number of hydrogen-bond donors (Lipinski definition) is 2. The Balaban J connectivity index is 1.58. The number of aromatic nitrogens is 3. The zero-order chi connectivity index (χ0) is 18.4. The molecule has 3 aromatic rings. The molecule has 0 saturated carbocycles. The molecule has 0 aliphatic carbocycles. The monoisotopic (exact) mass is 395 g/mol. The van der Waals surface area contributed by atoms with E-state index < -0.39 is 6.17 Å². The minimum atomic E-state index is -0.823. The van der Waals surface area contributed by atoms with Crippen molar-refractivity contribution in [2.75, 3.05) is 25.5 Å². The van der Waals surface area contributed by atoms with Crippen molar-refractivity contribution < 1.29 is 9.50 Å². The highest BCUT2D eigenvalue weighted by Gasteiger charge is 2.26. The summed E-state index contributed by atoms with van der Waals surface area (Å²) in [4.78, 5) is 6.47. The van der Waals surface area contributed by atoms with Crippen LogP contribution in [0.25, 0.3) is 16.0 Å². The fourth-order valence-electron chi connectivity index (χ4n) is 3.37. The van der Waals surface area contributed by atoms with Gasteiger partial charge < -0.3 is 15.3 Å². The standard InChI is InChI=1S/C17H19ClFN5OS/c1-9-3-12(18)15(13(25)4-9)24-8-14-16(22-24)21-17(26-14)20-11-5-10(19)6-23(2)7-11/h3-4,8,10-11,25H,5-7H2,1-2H3,(H,20,21,22)/t10-,11-/m1/s1. The molecule has 1 saturated heterocycles. The Kier molecular flexibility index (Phi) is 4.50. The number of aromatic hydroxyl groups is 1. The van der Waals surface area contributed by atoms with Crippen LogP contribution in [0.15, 0.2) is 18.3 Å². The Labute approximate surface area is 159 Å². The Morgan fingerprint density at radius 2 is 2.19 bits per heavy atom. The van der Waals surface area contributed by atoms with Gasteiger partial charge in [0.25, 0.3) is 0 Å². The number of nitrogens with zero attached hydrogens (tertiary/aromatic N) is 4. The summed E-state index contributed by atoms with van der Waals surface area (Å²) < 4.78 is 16.1. The second kappa shape index (κ2) is 6.68. The number of halogens is 2. The van der Waals surface area contributed by atoms with Crippen molar-refractivity contribution in [1.29, 1.82) is 0 Å². The summed E-state index contributed by atoms with van der Waals surface area (Å²) in [5, 5.41) is 19.1. The highest BCUT2D eigenvalue weighted by atomic mass is 35.5. The van der Waals surface area contributed by atoms with Crippen molar-refractivity contribution in [2.45, 2.75) is 25.6 Å². The van der Waals surface area contributed by atoms with Crippen LogP contribution in [0.5, 0.6) is 5.75 Å². The van der Waals surface area contributed by atoms with E-state index in [0.29, 0.717) is 29.3 Å². The van der Waals surface area contributed by atoms with Gasteiger partial charge in [0.1, 0.15) is 17.6 Å². The van der Waals surface area contributed by atoms with Crippen LogP contribution >= 0.6 is 22.9 Å². The molecule has 1 fully saturated rings. The number of alkyl halides is 1. The van der Waals surface area contributed by atoms with E-state index in [1.807, 2.05) is 18.9 Å². The van der Waals surface area contributed by atoms with Gasteiger partial charge >= 0.3 is 0 Å². The lowest BCUT2D eigenvalue weighted by molar-refractivity contribution is 0.153. The zero-order valence-corrected chi connectivity index (χ0v) is 16.0. The molecule has 2 atom stereocenters. The lowest BCUT2D eigenvalue weighted by Crippen LogP contribution is -2.45. The third kappa shape index (κ3) is 3.36. The molecule has 6 nitrogen and oxygen atoms in total. The molecule has 1 aliphatic rings. The predicted octanol–water partition coefficient (Wildman–Crippen LogP) is 3.60. The van der Waals surface area contributed by atoms with E-state index in [9.17, 15) is 9.50 Å². The molecule has 0 unspecified atom stereocenters. The topological polar surface area (TPSA) is 66.2 Å². The number of hydrogen-bond acceptors (Lipinski definition) is 6. The summed E-state index contributed by atoms with van der Waals surface area (Å²) in [5.41, 5.74) is 1.87. The third-order valence-electron chi connectivity index (χ3n) is 4.40. The van der Waals surface area contributed by atoms with E-state index in [-0.39, 0.29) is 11.8 Å². The fraction of sp³-hybridized carbons (Fsp3) is 0.412. The van der Waals surface area contributed by atoms with Crippen molar-refractivity contribution in [3.05, 3.63) is 28.9 Å². The maximum atomic E-state index is 13.7. The van der Waals surface area contributed by atoms with Gasteiger partial charge in [-0.25, -0.2) is 9.07 Å². The average Bonchev–Trinajstić information content (AvgIpc) is 3.03. The molecule has 2 aromatic heterocycles. The highest BCUT2D eigenvalue weighted by molar-refractivity contribution is 7.22. The number of phenols is 1. The molecule has 2 N–H and O–H groups in total. The Bertz CT molecular complexity index is 893. The summed E-state index contributed by atoms with van der Waals surface area (Å²) in [5.74, 6) is 0.0720. The maximum absolute atomic E-state index is 13.7. The van der Waals surface area contributed by atoms with Crippen molar-refractivity contribution in [3.63, 3.8) is 0 Å². The minimum Gasteiger partial charge on any atom is -0.506 e. The number of thiazole rings is 1. The molecule has 0 amide bonds. The molecular weight excluding hydrogens is 377 g/mol. The van der Waals surface area contributed by atoms with Gasteiger partial charge in [-0.1, -0.05) is 22.9 Å². The summed E-state index contributed by atoms with van der Waals surface area (Å²) in [7, 11) is 1.92. The third-order valence-corrected chi connectivity index (χ3v) is 5.60. The number of aryl methyl sites for hydroxylation is 1. The van der Waals surface area contributed by atoms with Gasteiger partial charge in [-0.3, -0.25) is 0 Å². The molecule has 138 valence electrons. The summed E-state index contributed by atoms with van der Waals surface area (Å²) in [6.07, 6.45) is 1.45. The lowest BCUT2D eigenvalue weighted by Gasteiger charge is -2.32. The second-order valence-corrected chi connectivity index (χ2v) is 8.23. The van der Waals surface area contributed by atoms with E-state index in [0.717, 1.165) is 21.9 Å². The number of likely N-dealkylation sites (tertiary alicyclic amines) is 1. The van der Waals surface area contributed by atoms with Gasteiger partial charge in [-0.15, -0.1) is 5.10 Å². The summed E-state index contributed by atoms with van der Waals surface area (Å²) in [6, 6.07) is 3.45. The number of piperidine rings is 1. The first kappa shape index (κ1) is 17.5. The smallest absolute Gasteiger partial charge is 0.194 e. The van der Waals surface area contributed by atoms with Crippen molar-refractivity contribution in [2.24, 2.45) is 0 Å². The number of benzene rings is 1. The van der Waals surface area contributed by atoms with Crippen molar-refractivity contribution in [1.82, 2.24) is 19.7 Å². The van der Waals surface area contributed by atoms with E-state index in [1.54, 1.807) is 23.0 Å². The Morgan fingerprint density at radius 3 is 2.88 bits per heavy atom. The van der Waals surface area contributed by atoms with Gasteiger partial charge in [0, 0.05) is 25.6 Å². The predicted molar refractivity (Wildman–Crippen MR) is 103 cm³/mol. The number of anilines is 1. The SMILES string of the molecule is Cc1cc(O)c(-n2cc3sc(N[C@@H]4C[C@@H](F)CN(C)C4)nc3n2)c(Cl)c1. The van der Waals surface area contributed by atoms with Crippen LogP contribution in [0.2, 0.25) is 5.02 Å². The number of phenolic OH excluding ortho intramolecular Hbond substituents is 1. The molecule has 4 rings (SSSR count).